The highest BCUT2D eigenvalue weighted by Crippen LogP contribution is 2.32. The molecule has 0 spiro atoms. The lowest BCUT2D eigenvalue weighted by atomic mass is 10.2. The van der Waals surface area contributed by atoms with Crippen molar-refractivity contribution in [3.05, 3.63) is 76.6 Å². The highest BCUT2D eigenvalue weighted by atomic mass is 35.5. The van der Waals surface area contributed by atoms with Crippen LogP contribution in [0.3, 0.4) is 0 Å². The van der Waals surface area contributed by atoms with Crippen LogP contribution in [0, 0.1) is 11.6 Å². The molecule has 1 fully saturated rings. The van der Waals surface area contributed by atoms with E-state index in [0.717, 1.165) is 18.5 Å². The van der Waals surface area contributed by atoms with Gasteiger partial charge in [0.1, 0.15) is 17.9 Å². The summed E-state index contributed by atoms with van der Waals surface area (Å²) in [6, 6.07) is 11.1. The fraction of sp³-hybridized carbons (Fsp3) is 0.250. The van der Waals surface area contributed by atoms with E-state index < -0.39 is 0 Å². The van der Waals surface area contributed by atoms with E-state index in [0.29, 0.717) is 41.2 Å². The molecule has 134 valence electrons. The number of nitrogens with zero attached hydrogens (tertiary/aromatic N) is 2. The van der Waals surface area contributed by atoms with Crippen molar-refractivity contribution in [3.8, 4) is 11.5 Å². The van der Waals surface area contributed by atoms with Crippen molar-refractivity contribution in [2.45, 2.75) is 32.0 Å². The molecule has 1 aromatic heterocycles. The number of halogens is 3. The standard InChI is InChI=1S/C20H17ClF2N2O/c21-18-2-1-3-19(23)17(18)11-25(16-8-9-16)10-15-12-26-20(24-15)13-4-6-14(22)7-5-13/h1-7,12,16H,8-11H2. The lowest BCUT2D eigenvalue weighted by molar-refractivity contribution is 0.239. The average Bonchev–Trinajstić information content (AvgIpc) is 3.37. The first-order valence-corrected chi connectivity index (χ1v) is 8.85. The van der Waals surface area contributed by atoms with Crippen LogP contribution >= 0.6 is 11.6 Å². The van der Waals surface area contributed by atoms with Crippen LogP contribution < -0.4 is 0 Å². The number of hydrogen-bond acceptors (Lipinski definition) is 3. The van der Waals surface area contributed by atoms with Gasteiger partial charge in [-0.1, -0.05) is 17.7 Å². The molecule has 0 radical (unpaired) electrons. The van der Waals surface area contributed by atoms with Gasteiger partial charge in [-0.3, -0.25) is 4.90 Å². The Morgan fingerprint density at radius 2 is 1.85 bits per heavy atom. The van der Waals surface area contributed by atoms with Crippen LogP contribution in [0.2, 0.25) is 5.02 Å². The van der Waals surface area contributed by atoms with E-state index in [1.165, 1.54) is 18.2 Å². The smallest absolute Gasteiger partial charge is 0.226 e. The lowest BCUT2D eigenvalue weighted by Gasteiger charge is -2.21. The molecule has 1 aliphatic carbocycles. The zero-order chi connectivity index (χ0) is 18.1. The summed E-state index contributed by atoms with van der Waals surface area (Å²) in [4.78, 5) is 6.65. The van der Waals surface area contributed by atoms with Gasteiger partial charge < -0.3 is 4.42 Å². The second kappa shape index (κ2) is 7.17. The first-order valence-electron chi connectivity index (χ1n) is 8.47. The Morgan fingerprint density at radius 3 is 2.54 bits per heavy atom. The number of aromatic nitrogens is 1. The third kappa shape index (κ3) is 3.79. The first kappa shape index (κ1) is 17.2. The molecule has 4 rings (SSSR count). The molecule has 0 amide bonds. The highest BCUT2D eigenvalue weighted by molar-refractivity contribution is 6.31. The molecule has 3 nitrogen and oxygen atoms in total. The summed E-state index contributed by atoms with van der Waals surface area (Å²) >= 11 is 6.17. The van der Waals surface area contributed by atoms with E-state index in [1.54, 1.807) is 30.5 Å². The minimum atomic E-state index is -0.304. The Kier molecular flexibility index (Phi) is 4.74. The molecule has 6 heteroatoms. The molecule has 0 unspecified atom stereocenters. The Bertz CT molecular complexity index is 886. The SMILES string of the molecule is Fc1ccc(-c2nc(CN(Cc3c(F)cccc3Cl)C3CC3)co2)cc1. The molecule has 1 heterocycles. The summed E-state index contributed by atoms with van der Waals surface area (Å²) in [7, 11) is 0. The van der Waals surface area contributed by atoms with Crippen molar-refractivity contribution < 1.29 is 13.2 Å². The summed E-state index contributed by atoms with van der Waals surface area (Å²) in [6.45, 7) is 0.967. The number of benzene rings is 2. The molecule has 0 saturated heterocycles. The van der Waals surface area contributed by atoms with Crippen LogP contribution in [0.25, 0.3) is 11.5 Å². The molecule has 1 aliphatic rings. The number of hydrogen-bond donors (Lipinski definition) is 0. The normalized spacial score (nSPS) is 14.2. The first-order chi connectivity index (χ1) is 12.6. The zero-order valence-electron chi connectivity index (χ0n) is 14.0. The Labute approximate surface area is 155 Å². The maximum Gasteiger partial charge on any atom is 0.226 e. The van der Waals surface area contributed by atoms with Gasteiger partial charge >= 0.3 is 0 Å². The van der Waals surface area contributed by atoms with Gasteiger partial charge in [-0.2, -0.15) is 0 Å². The number of oxazole rings is 1. The number of rotatable bonds is 6. The highest BCUT2D eigenvalue weighted by Gasteiger charge is 2.30. The van der Waals surface area contributed by atoms with Crippen molar-refractivity contribution in [2.75, 3.05) is 0 Å². The van der Waals surface area contributed by atoms with Crippen LogP contribution in [0.1, 0.15) is 24.1 Å². The van der Waals surface area contributed by atoms with Crippen LogP contribution in [0.15, 0.2) is 53.1 Å². The Hall–Kier alpha value is -2.24. The van der Waals surface area contributed by atoms with Crippen LogP contribution in [-0.2, 0) is 13.1 Å². The molecular weight excluding hydrogens is 358 g/mol. The van der Waals surface area contributed by atoms with Crippen LogP contribution in [0.4, 0.5) is 8.78 Å². The summed E-state index contributed by atoms with van der Waals surface area (Å²) in [6.07, 6.45) is 3.75. The van der Waals surface area contributed by atoms with Crippen molar-refractivity contribution >= 4 is 11.6 Å². The summed E-state index contributed by atoms with van der Waals surface area (Å²) in [5, 5.41) is 0.433. The predicted molar refractivity (Wildman–Crippen MR) is 95.6 cm³/mol. The molecule has 0 atom stereocenters. The third-order valence-electron chi connectivity index (χ3n) is 4.49. The molecule has 0 aliphatic heterocycles. The van der Waals surface area contributed by atoms with E-state index in [9.17, 15) is 8.78 Å². The molecule has 0 bridgehead atoms. The van der Waals surface area contributed by atoms with Gasteiger partial charge in [0.2, 0.25) is 5.89 Å². The summed E-state index contributed by atoms with van der Waals surface area (Å²) in [5.41, 5.74) is 1.97. The van der Waals surface area contributed by atoms with Gasteiger partial charge in [-0.15, -0.1) is 0 Å². The molecule has 2 aromatic carbocycles. The zero-order valence-corrected chi connectivity index (χ0v) is 14.7. The minimum Gasteiger partial charge on any atom is -0.444 e. The van der Waals surface area contributed by atoms with Gasteiger partial charge in [0.15, 0.2) is 0 Å². The van der Waals surface area contributed by atoms with E-state index in [4.69, 9.17) is 16.0 Å². The Morgan fingerprint density at radius 1 is 1.08 bits per heavy atom. The average molecular weight is 375 g/mol. The fourth-order valence-electron chi connectivity index (χ4n) is 2.95. The van der Waals surface area contributed by atoms with Crippen molar-refractivity contribution in [1.82, 2.24) is 9.88 Å². The van der Waals surface area contributed by atoms with Gasteiger partial charge in [-0.25, -0.2) is 13.8 Å². The molecule has 26 heavy (non-hydrogen) atoms. The Balaban J connectivity index is 1.52. The molecule has 3 aromatic rings. The van der Waals surface area contributed by atoms with Gasteiger partial charge in [0, 0.05) is 35.3 Å². The summed E-state index contributed by atoms with van der Waals surface area (Å²) < 4.78 is 32.7. The van der Waals surface area contributed by atoms with Crippen molar-refractivity contribution in [3.63, 3.8) is 0 Å². The van der Waals surface area contributed by atoms with Crippen LogP contribution in [0.5, 0.6) is 0 Å². The maximum atomic E-state index is 14.1. The van der Waals surface area contributed by atoms with Gasteiger partial charge in [0.05, 0.1) is 5.69 Å². The van der Waals surface area contributed by atoms with Crippen molar-refractivity contribution in [2.24, 2.45) is 0 Å². The van der Waals surface area contributed by atoms with Gasteiger partial charge in [0.25, 0.3) is 0 Å². The topological polar surface area (TPSA) is 29.3 Å². The summed E-state index contributed by atoms with van der Waals surface area (Å²) in [5.74, 6) is -0.155. The monoisotopic (exact) mass is 374 g/mol. The minimum absolute atomic E-state index is 0.296. The third-order valence-corrected chi connectivity index (χ3v) is 4.85. The van der Waals surface area contributed by atoms with E-state index in [2.05, 4.69) is 9.88 Å². The largest absolute Gasteiger partial charge is 0.444 e. The second-order valence-corrected chi connectivity index (χ2v) is 6.89. The molecule has 1 saturated carbocycles. The fourth-order valence-corrected chi connectivity index (χ4v) is 3.18. The van der Waals surface area contributed by atoms with E-state index in [1.807, 2.05) is 0 Å². The predicted octanol–water partition coefficient (Wildman–Crippen LogP) is 5.44. The van der Waals surface area contributed by atoms with Crippen molar-refractivity contribution in [1.29, 1.82) is 0 Å². The van der Waals surface area contributed by atoms with E-state index >= 15 is 0 Å². The van der Waals surface area contributed by atoms with E-state index in [-0.39, 0.29) is 11.6 Å². The second-order valence-electron chi connectivity index (χ2n) is 6.49. The van der Waals surface area contributed by atoms with Gasteiger partial charge in [-0.05, 0) is 49.2 Å². The lowest BCUT2D eigenvalue weighted by Crippen LogP contribution is -2.26. The molecule has 0 N–H and O–H groups in total. The van der Waals surface area contributed by atoms with Crippen LogP contribution in [-0.4, -0.2) is 15.9 Å². The molecular formula is C20H17ClF2N2O. The quantitative estimate of drug-likeness (QED) is 0.575. The maximum absolute atomic E-state index is 14.1.